The second kappa shape index (κ2) is 9.09. The summed E-state index contributed by atoms with van der Waals surface area (Å²) in [6.07, 6.45) is 1.34. The lowest BCUT2D eigenvalue weighted by Gasteiger charge is -2.23. The molecule has 168 valence electrons. The number of carbonyl (C=O) groups is 2. The van der Waals surface area contributed by atoms with E-state index in [1.807, 2.05) is 32.4 Å². The zero-order valence-corrected chi connectivity index (χ0v) is 19.3. The van der Waals surface area contributed by atoms with Gasteiger partial charge in [-0.15, -0.1) is 0 Å². The molecule has 3 rings (SSSR count). The molecule has 1 amide bonds. The van der Waals surface area contributed by atoms with Crippen LogP contribution in [-0.2, 0) is 17.9 Å². The van der Waals surface area contributed by atoms with Gasteiger partial charge in [0.25, 0.3) is 0 Å². The number of imidazole rings is 1. The monoisotopic (exact) mass is 448 g/mol. The van der Waals surface area contributed by atoms with Gasteiger partial charge >= 0.3 is 0 Å². The molecule has 31 heavy (non-hydrogen) atoms. The lowest BCUT2D eigenvalue weighted by atomic mass is 9.82. The highest BCUT2D eigenvalue weighted by molar-refractivity contribution is 6.30. The van der Waals surface area contributed by atoms with Crippen molar-refractivity contribution < 1.29 is 14.0 Å². The van der Waals surface area contributed by atoms with E-state index in [-0.39, 0.29) is 17.6 Å². The fourth-order valence-corrected chi connectivity index (χ4v) is 4.31. The lowest BCUT2D eigenvalue weighted by molar-refractivity contribution is -0.122. The summed E-state index contributed by atoms with van der Waals surface area (Å²) in [5.41, 5.74) is 6.78. The first-order valence-corrected chi connectivity index (χ1v) is 10.9. The number of Topliss-reactive ketones (excluding diaryl/α,β-unsaturated/α-hetero) is 1. The molecule has 1 aromatic heterocycles. The van der Waals surface area contributed by atoms with Gasteiger partial charge in [-0.3, -0.25) is 9.59 Å². The third-order valence-corrected chi connectivity index (χ3v) is 5.78. The van der Waals surface area contributed by atoms with Crippen molar-refractivity contribution in [2.75, 3.05) is 13.6 Å². The van der Waals surface area contributed by atoms with Crippen molar-refractivity contribution in [1.29, 1.82) is 0 Å². The third kappa shape index (κ3) is 5.52. The largest absolute Gasteiger partial charge is 0.369 e. The van der Waals surface area contributed by atoms with Crippen LogP contribution in [0.4, 0.5) is 4.39 Å². The molecule has 6 nitrogen and oxygen atoms in total. The van der Waals surface area contributed by atoms with E-state index in [9.17, 15) is 14.0 Å². The van der Waals surface area contributed by atoms with E-state index in [0.29, 0.717) is 41.6 Å². The molecule has 0 radical (unpaired) electrons. The van der Waals surface area contributed by atoms with Gasteiger partial charge in [-0.1, -0.05) is 32.4 Å². The van der Waals surface area contributed by atoms with Crippen molar-refractivity contribution >= 4 is 23.3 Å². The molecule has 2 heterocycles. The summed E-state index contributed by atoms with van der Waals surface area (Å²) in [5.74, 6) is -1.39. The summed E-state index contributed by atoms with van der Waals surface area (Å²) in [6, 6.07) is 4.44. The molecule has 2 N–H and O–H groups in total. The summed E-state index contributed by atoms with van der Waals surface area (Å²) >= 11 is 5.92. The van der Waals surface area contributed by atoms with Crippen LogP contribution < -0.4 is 5.73 Å². The van der Waals surface area contributed by atoms with Gasteiger partial charge in [-0.25, -0.2) is 9.37 Å². The molecule has 0 spiro atoms. The molecule has 1 aliphatic heterocycles. The number of rotatable bonds is 6. The van der Waals surface area contributed by atoms with Crippen LogP contribution in [0.5, 0.6) is 0 Å². The molecule has 0 saturated heterocycles. The van der Waals surface area contributed by atoms with Crippen LogP contribution >= 0.6 is 11.6 Å². The number of fused-ring (bicyclic) bond motifs is 1. The van der Waals surface area contributed by atoms with Crippen molar-refractivity contribution in [1.82, 2.24) is 14.5 Å². The van der Waals surface area contributed by atoms with Crippen molar-refractivity contribution in [2.24, 2.45) is 17.1 Å². The standard InChI is InChI=1S/C23H30ClFN4O2/c1-23(2,3)12-14(21(26)31)10-19(30)20-18-13-28(4)8-5-9-29(18)22(27-20)16-7-6-15(24)11-17(16)25/h6-7,11,14H,5,8-10,12-13H2,1-4H3,(H2,26,31)/t14-/m0/s1. The first-order valence-electron chi connectivity index (χ1n) is 10.5. The average molecular weight is 449 g/mol. The average Bonchev–Trinajstić information content (AvgIpc) is 2.86. The van der Waals surface area contributed by atoms with Crippen molar-refractivity contribution in [2.45, 2.75) is 53.1 Å². The number of nitrogens with zero attached hydrogens (tertiary/aromatic N) is 3. The van der Waals surface area contributed by atoms with E-state index in [1.54, 1.807) is 12.1 Å². The highest BCUT2D eigenvalue weighted by Crippen LogP contribution is 2.32. The van der Waals surface area contributed by atoms with Crippen LogP contribution in [0.1, 0.15) is 56.2 Å². The topological polar surface area (TPSA) is 81.2 Å². The second-order valence-electron chi connectivity index (χ2n) is 9.59. The fourth-order valence-electron chi connectivity index (χ4n) is 4.15. The van der Waals surface area contributed by atoms with Crippen LogP contribution in [0.15, 0.2) is 18.2 Å². The smallest absolute Gasteiger partial charge is 0.221 e. The Bertz CT molecular complexity index is 996. The number of hydrogen-bond acceptors (Lipinski definition) is 4. The predicted octanol–water partition coefficient (Wildman–Crippen LogP) is 4.29. The summed E-state index contributed by atoms with van der Waals surface area (Å²) in [7, 11) is 1.98. The SMILES string of the molecule is CN1CCCn2c(-c3ccc(Cl)cc3F)nc(C(=O)C[C@@H](CC(C)(C)C)C(N)=O)c2C1. The number of ketones is 1. The van der Waals surface area contributed by atoms with Gasteiger partial charge in [0.2, 0.25) is 5.91 Å². The quantitative estimate of drug-likeness (QED) is 0.668. The Morgan fingerprint density at radius 2 is 2.00 bits per heavy atom. The number of nitrogens with two attached hydrogens (primary N) is 1. The first-order chi connectivity index (χ1) is 14.5. The fraction of sp³-hybridized carbons (Fsp3) is 0.522. The molecule has 1 atom stereocenters. The Morgan fingerprint density at radius 1 is 1.29 bits per heavy atom. The Labute approximate surface area is 187 Å². The summed E-state index contributed by atoms with van der Waals surface area (Å²) in [4.78, 5) is 32.0. The molecule has 0 fully saturated rings. The molecule has 1 aliphatic rings. The van der Waals surface area contributed by atoms with Crippen molar-refractivity contribution in [3.63, 3.8) is 0 Å². The zero-order valence-electron chi connectivity index (χ0n) is 18.5. The Hall–Kier alpha value is -2.25. The molecule has 8 heteroatoms. The van der Waals surface area contributed by atoms with Crippen LogP contribution in [0.25, 0.3) is 11.4 Å². The number of hydrogen-bond donors (Lipinski definition) is 1. The summed E-state index contributed by atoms with van der Waals surface area (Å²) < 4.78 is 16.6. The first kappa shape index (κ1) is 23.4. The Balaban J connectivity index is 2.04. The second-order valence-corrected chi connectivity index (χ2v) is 10.0. The molecular formula is C23H30ClFN4O2. The third-order valence-electron chi connectivity index (χ3n) is 5.54. The Morgan fingerprint density at radius 3 is 2.61 bits per heavy atom. The molecule has 0 saturated carbocycles. The summed E-state index contributed by atoms with van der Waals surface area (Å²) in [6.45, 7) is 8.01. The normalized spacial score (nSPS) is 15.9. The van der Waals surface area contributed by atoms with Gasteiger partial charge in [0.15, 0.2) is 5.78 Å². The number of halogens is 2. The van der Waals surface area contributed by atoms with E-state index >= 15 is 0 Å². The van der Waals surface area contributed by atoms with Crippen molar-refractivity contribution in [3.8, 4) is 11.4 Å². The van der Waals surface area contributed by atoms with Gasteiger partial charge in [-0.05, 0) is 50.0 Å². The molecular weight excluding hydrogens is 419 g/mol. The van der Waals surface area contributed by atoms with Crippen LogP contribution in [0.2, 0.25) is 5.02 Å². The minimum atomic E-state index is -0.580. The molecule has 2 aromatic rings. The number of primary amides is 1. The van der Waals surface area contributed by atoms with E-state index in [0.717, 1.165) is 18.7 Å². The van der Waals surface area contributed by atoms with Crippen LogP contribution in [-0.4, -0.2) is 39.7 Å². The maximum absolute atomic E-state index is 14.7. The van der Waals surface area contributed by atoms with Gasteiger partial charge in [0, 0.05) is 30.5 Å². The highest BCUT2D eigenvalue weighted by Gasteiger charge is 2.31. The number of amides is 1. The van der Waals surface area contributed by atoms with Crippen LogP contribution in [0, 0.1) is 17.2 Å². The Kier molecular flexibility index (Phi) is 6.86. The molecule has 1 aromatic carbocycles. The number of benzene rings is 1. The molecule has 0 unspecified atom stereocenters. The van der Waals surface area contributed by atoms with E-state index in [2.05, 4.69) is 9.88 Å². The van der Waals surface area contributed by atoms with E-state index < -0.39 is 17.6 Å². The number of carbonyl (C=O) groups excluding carboxylic acids is 2. The maximum atomic E-state index is 14.7. The summed E-state index contributed by atoms with van der Waals surface area (Å²) in [5, 5.41) is 0.298. The van der Waals surface area contributed by atoms with Gasteiger partial charge in [-0.2, -0.15) is 0 Å². The highest BCUT2D eigenvalue weighted by atomic mass is 35.5. The number of aromatic nitrogens is 2. The van der Waals surface area contributed by atoms with Gasteiger partial charge < -0.3 is 15.2 Å². The minimum Gasteiger partial charge on any atom is -0.369 e. The van der Waals surface area contributed by atoms with Crippen molar-refractivity contribution in [3.05, 3.63) is 40.4 Å². The zero-order chi connectivity index (χ0) is 22.9. The van der Waals surface area contributed by atoms with Gasteiger partial charge in [0.1, 0.15) is 17.3 Å². The van der Waals surface area contributed by atoms with Crippen LogP contribution in [0.3, 0.4) is 0 Å². The molecule has 0 bridgehead atoms. The maximum Gasteiger partial charge on any atom is 0.221 e. The van der Waals surface area contributed by atoms with E-state index in [1.165, 1.54) is 6.07 Å². The molecule has 0 aliphatic carbocycles. The minimum absolute atomic E-state index is 0.0110. The van der Waals surface area contributed by atoms with Gasteiger partial charge in [0.05, 0.1) is 11.3 Å². The predicted molar refractivity (Wildman–Crippen MR) is 119 cm³/mol. The lowest BCUT2D eigenvalue weighted by Crippen LogP contribution is -2.30. The van der Waals surface area contributed by atoms with E-state index in [4.69, 9.17) is 17.3 Å².